The lowest BCUT2D eigenvalue weighted by atomic mass is 9.85. The second kappa shape index (κ2) is 6.86. The lowest BCUT2D eigenvalue weighted by Gasteiger charge is -2.33. The van der Waals surface area contributed by atoms with E-state index in [0.717, 1.165) is 31.1 Å². The summed E-state index contributed by atoms with van der Waals surface area (Å²) in [5.41, 5.74) is 0.140. The predicted octanol–water partition coefficient (Wildman–Crippen LogP) is 2.80. The quantitative estimate of drug-likeness (QED) is 0.929. The Morgan fingerprint density at radius 3 is 2.84 bits per heavy atom. The Bertz CT molecular complexity index is 753. The molecule has 4 rings (SSSR count). The number of imidazole rings is 1. The minimum Gasteiger partial charge on any atom is -0.505 e. The molecule has 0 radical (unpaired) electrons. The second-order valence-electron chi connectivity index (χ2n) is 7.20. The maximum atomic E-state index is 12.7. The lowest BCUT2D eigenvalue weighted by Crippen LogP contribution is -2.40. The maximum Gasteiger partial charge on any atom is 0.276 e. The molecule has 1 aliphatic heterocycles. The molecule has 0 aromatic carbocycles. The molecule has 1 saturated carbocycles. The minimum atomic E-state index is -0.195. The van der Waals surface area contributed by atoms with Crippen molar-refractivity contribution < 1.29 is 9.90 Å². The van der Waals surface area contributed by atoms with E-state index < -0.39 is 0 Å². The van der Waals surface area contributed by atoms with Crippen LogP contribution in [-0.4, -0.2) is 43.5 Å². The normalized spacial score (nSPS) is 21.1. The van der Waals surface area contributed by atoms with E-state index in [1.54, 1.807) is 17.2 Å². The first-order valence-corrected chi connectivity index (χ1v) is 9.16. The van der Waals surface area contributed by atoms with E-state index in [2.05, 4.69) is 20.7 Å². The van der Waals surface area contributed by atoms with Crippen LogP contribution in [0.5, 0.6) is 5.75 Å². The average molecular weight is 340 g/mol. The summed E-state index contributed by atoms with van der Waals surface area (Å²) in [7, 11) is 0. The number of carbonyl (C=O) groups excluding carboxylic acids is 1. The number of aromatic nitrogens is 3. The topological polar surface area (TPSA) is 71.2 Å². The molecule has 2 aliphatic rings. The molecule has 2 fully saturated rings. The minimum absolute atomic E-state index is 0.0545. The summed E-state index contributed by atoms with van der Waals surface area (Å²) < 4.78 is 2.28. The third-order valence-electron chi connectivity index (χ3n) is 5.49. The molecule has 25 heavy (non-hydrogen) atoms. The van der Waals surface area contributed by atoms with Crippen molar-refractivity contribution in [1.82, 2.24) is 19.4 Å². The Kier molecular flexibility index (Phi) is 4.42. The van der Waals surface area contributed by atoms with Crippen LogP contribution in [-0.2, 0) is 6.54 Å². The van der Waals surface area contributed by atoms with Gasteiger partial charge in [0, 0.05) is 44.1 Å². The van der Waals surface area contributed by atoms with Crippen molar-refractivity contribution in [3.8, 4) is 5.75 Å². The van der Waals surface area contributed by atoms with Gasteiger partial charge in [-0.25, -0.2) is 9.97 Å². The number of pyridine rings is 1. The molecule has 132 valence electrons. The van der Waals surface area contributed by atoms with Gasteiger partial charge in [0.05, 0.1) is 0 Å². The summed E-state index contributed by atoms with van der Waals surface area (Å²) in [6.07, 6.45) is 11.4. The van der Waals surface area contributed by atoms with Crippen LogP contribution in [0.25, 0.3) is 0 Å². The molecule has 1 N–H and O–H groups in total. The van der Waals surface area contributed by atoms with Crippen LogP contribution in [0.1, 0.15) is 54.3 Å². The zero-order valence-corrected chi connectivity index (χ0v) is 14.3. The van der Waals surface area contributed by atoms with Gasteiger partial charge in [-0.2, -0.15) is 0 Å². The van der Waals surface area contributed by atoms with Crippen LogP contribution in [0.3, 0.4) is 0 Å². The molecule has 2 aromatic heterocycles. The van der Waals surface area contributed by atoms with Gasteiger partial charge in [-0.15, -0.1) is 0 Å². The van der Waals surface area contributed by atoms with Crippen LogP contribution >= 0.6 is 0 Å². The number of amides is 1. The van der Waals surface area contributed by atoms with Crippen molar-refractivity contribution in [3.05, 3.63) is 42.2 Å². The number of nitrogens with zero attached hydrogens (tertiary/aromatic N) is 4. The number of hydrogen-bond donors (Lipinski definition) is 1. The highest BCUT2D eigenvalue weighted by Crippen LogP contribution is 2.31. The van der Waals surface area contributed by atoms with Crippen molar-refractivity contribution >= 4 is 5.91 Å². The van der Waals surface area contributed by atoms with Gasteiger partial charge in [-0.05, 0) is 43.7 Å². The van der Waals surface area contributed by atoms with Crippen molar-refractivity contribution in [1.29, 1.82) is 0 Å². The molecule has 1 amide bonds. The highest BCUT2D eigenvalue weighted by Gasteiger charge is 2.30. The fraction of sp³-hybridized carbons (Fsp3) is 0.526. The Hall–Kier alpha value is -2.37. The number of carbonyl (C=O) groups is 1. The third-order valence-corrected chi connectivity index (χ3v) is 5.49. The van der Waals surface area contributed by atoms with E-state index in [1.165, 1.54) is 25.3 Å². The number of piperidine rings is 1. The molecule has 1 atom stereocenters. The van der Waals surface area contributed by atoms with Crippen molar-refractivity contribution in [2.45, 2.75) is 44.6 Å². The fourth-order valence-corrected chi connectivity index (χ4v) is 3.87. The molecule has 3 heterocycles. The summed E-state index contributed by atoms with van der Waals surface area (Å²) in [5, 5.41) is 9.91. The summed E-state index contributed by atoms with van der Waals surface area (Å²) in [5.74, 6) is 1.87. The largest absolute Gasteiger partial charge is 0.505 e. The zero-order valence-electron chi connectivity index (χ0n) is 14.3. The van der Waals surface area contributed by atoms with Gasteiger partial charge in [0.2, 0.25) is 0 Å². The summed E-state index contributed by atoms with van der Waals surface area (Å²) >= 11 is 0. The Labute approximate surface area is 147 Å². The van der Waals surface area contributed by atoms with Crippen LogP contribution < -0.4 is 0 Å². The van der Waals surface area contributed by atoms with E-state index >= 15 is 0 Å². The van der Waals surface area contributed by atoms with Gasteiger partial charge in [0.1, 0.15) is 11.6 Å². The monoisotopic (exact) mass is 340 g/mol. The standard InChI is InChI=1S/C19H24N4O2/c24-16-7-2-8-20-17(16)19(25)23-10-3-6-15(13-23)18-21-9-11-22(18)12-14-4-1-5-14/h2,7-9,11,14-15,24H,1,3-6,10,12-13H2/t15-/m0/s1. The molecular formula is C19H24N4O2. The van der Waals surface area contributed by atoms with E-state index in [0.29, 0.717) is 13.1 Å². The van der Waals surface area contributed by atoms with Crippen molar-refractivity contribution in [2.75, 3.05) is 13.1 Å². The molecule has 0 bridgehead atoms. The van der Waals surface area contributed by atoms with E-state index in [4.69, 9.17) is 0 Å². The third kappa shape index (κ3) is 3.25. The SMILES string of the molecule is O=C(c1ncccc1O)N1CCC[C@H](c2nccn2CC2CCC2)C1. The number of likely N-dealkylation sites (tertiary alicyclic amines) is 1. The van der Waals surface area contributed by atoms with Gasteiger partial charge < -0.3 is 14.6 Å². The first-order chi connectivity index (χ1) is 12.2. The highest BCUT2D eigenvalue weighted by atomic mass is 16.3. The summed E-state index contributed by atoms with van der Waals surface area (Å²) in [6, 6.07) is 3.13. The zero-order chi connectivity index (χ0) is 17.2. The molecule has 1 saturated heterocycles. The first kappa shape index (κ1) is 16.1. The van der Waals surface area contributed by atoms with E-state index in [-0.39, 0.29) is 23.3 Å². The van der Waals surface area contributed by atoms with E-state index in [9.17, 15) is 9.90 Å². The van der Waals surface area contributed by atoms with Crippen molar-refractivity contribution in [2.24, 2.45) is 5.92 Å². The van der Waals surface area contributed by atoms with E-state index in [1.807, 2.05) is 6.20 Å². The number of rotatable bonds is 4. The van der Waals surface area contributed by atoms with Crippen LogP contribution in [0, 0.1) is 5.92 Å². The van der Waals surface area contributed by atoms with Gasteiger partial charge in [-0.1, -0.05) is 6.42 Å². The van der Waals surface area contributed by atoms with Crippen LogP contribution in [0.2, 0.25) is 0 Å². The fourth-order valence-electron chi connectivity index (χ4n) is 3.87. The highest BCUT2D eigenvalue weighted by molar-refractivity contribution is 5.94. The first-order valence-electron chi connectivity index (χ1n) is 9.16. The molecule has 1 aliphatic carbocycles. The lowest BCUT2D eigenvalue weighted by molar-refractivity contribution is 0.0693. The van der Waals surface area contributed by atoms with Crippen molar-refractivity contribution in [3.63, 3.8) is 0 Å². The number of hydrogen-bond acceptors (Lipinski definition) is 4. The Balaban J connectivity index is 1.49. The van der Waals surface area contributed by atoms with Gasteiger partial charge in [-0.3, -0.25) is 4.79 Å². The molecule has 2 aromatic rings. The Morgan fingerprint density at radius 1 is 1.20 bits per heavy atom. The number of aromatic hydroxyl groups is 1. The molecule has 0 unspecified atom stereocenters. The smallest absolute Gasteiger partial charge is 0.276 e. The summed E-state index contributed by atoms with van der Waals surface area (Å²) in [4.78, 5) is 23.2. The molecule has 0 spiro atoms. The molecular weight excluding hydrogens is 316 g/mol. The Morgan fingerprint density at radius 2 is 2.08 bits per heavy atom. The molecule has 6 nitrogen and oxygen atoms in total. The van der Waals surface area contributed by atoms with Gasteiger partial charge >= 0.3 is 0 Å². The van der Waals surface area contributed by atoms with Crippen LogP contribution in [0.15, 0.2) is 30.7 Å². The maximum absolute atomic E-state index is 12.7. The van der Waals surface area contributed by atoms with Gasteiger partial charge in [0.15, 0.2) is 5.69 Å². The average Bonchev–Trinajstić information content (AvgIpc) is 3.06. The second-order valence-corrected chi connectivity index (χ2v) is 7.20. The summed E-state index contributed by atoms with van der Waals surface area (Å²) in [6.45, 7) is 2.38. The predicted molar refractivity (Wildman–Crippen MR) is 93.3 cm³/mol. The molecule has 6 heteroatoms. The van der Waals surface area contributed by atoms with Crippen LogP contribution in [0.4, 0.5) is 0 Å². The van der Waals surface area contributed by atoms with Gasteiger partial charge in [0.25, 0.3) is 5.91 Å².